The SMILES string of the molecule is CCN(CC(=O)NCc1ccc(F)cc1)C(=O)CNC(=O)C(C)(C)C. The van der Waals surface area contributed by atoms with E-state index in [1.807, 2.05) is 0 Å². The molecule has 138 valence electrons. The number of carbonyl (C=O) groups excluding carboxylic acids is 3. The summed E-state index contributed by atoms with van der Waals surface area (Å²) in [5.74, 6) is -1.20. The fourth-order valence-corrected chi connectivity index (χ4v) is 1.94. The lowest BCUT2D eigenvalue weighted by Crippen LogP contribution is -2.46. The first-order valence-corrected chi connectivity index (χ1v) is 8.20. The van der Waals surface area contributed by atoms with Crippen LogP contribution in [0.1, 0.15) is 33.3 Å². The van der Waals surface area contributed by atoms with Crippen molar-refractivity contribution in [1.29, 1.82) is 0 Å². The van der Waals surface area contributed by atoms with E-state index in [1.54, 1.807) is 39.8 Å². The van der Waals surface area contributed by atoms with Crippen molar-refractivity contribution in [3.63, 3.8) is 0 Å². The summed E-state index contributed by atoms with van der Waals surface area (Å²) in [6.45, 7) is 7.40. The maximum atomic E-state index is 12.8. The second kappa shape index (κ2) is 9.15. The molecule has 0 aliphatic carbocycles. The van der Waals surface area contributed by atoms with E-state index >= 15 is 0 Å². The molecule has 0 aliphatic heterocycles. The van der Waals surface area contributed by atoms with Gasteiger partial charge in [0, 0.05) is 18.5 Å². The Labute approximate surface area is 147 Å². The third-order valence-corrected chi connectivity index (χ3v) is 3.55. The summed E-state index contributed by atoms with van der Waals surface area (Å²) in [5, 5.41) is 5.26. The maximum absolute atomic E-state index is 12.8. The minimum atomic E-state index is -0.580. The molecule has 0 atom stereocenters. The second-order valence-corrected chi connectivity index (χ2v) is 6.74. The number of hydrogen-bond donors (Lipinski definition) is 2. The number of benzene rings is 1. The van der Waals surface area contributed by atoms with E-state index in [-0.39, 0.29) is 43.2 Å². The highest BCUT2D eigenvalue weighted by atomic mass is 19.1. The van der Waals surface area contributed by atoms with Gasteiger partial charge in [0.25, 0.3) is 0 Å². The molecular weight excluding hydrogens is 325 g/mol. The summed E-state index contributed by atoms with van der Waals surface area (Å²) in [4.78, 5) is 37.3. The monoisotopic (exact) mass is 351 g/mol. The third kappa shape index (κ3) is 7.32. The van der Waals surface area contributed by atoms with Gasteiger partial charge in [-0.2, -0.15) is 0 Å². The Morgan fingerprint density at radius 3 is 2.20 bits per heavy atom. The predicted octanol–water partition coefficient (Wildman–Crippen LogP) is 1.45. The number of nitrogens with one attached hydrogen (secondary N) is 2. The second-order valence-electron chi connectivity index (χ2n) is 6.74. The molecule has 7 heteroatoms. The lowest BCUT2D eigenvalue weighted by Gasteiger charge is -2.22. The van der Waals surface area contributed by atoms with Crippen LogP contribution in [0.25, 0.3) is 0 Å². The molecule has 0 saturated heterocycles. The van der Waals surface area contributed by atoms with Gasteiger partial charge in [-0.25, -0.2) is 4.39 Å². The Morgan fingerprint density at radius 2 is 1.68 bits per heavy atom. The molecule has 0 fully saturated rings. The number of nitrogens with zero attached hydrogens (tertiary/aromatic N) is 1. The molecule has 0 bridgehead atoms. The molecule has 0 heterocycles. The van der Waals surface area contributed by atoms with E-state index < -0.39 is 5.41 Å². The van der Waals surface area contributed by atoms with Crippen molar-refractivity contribution >= 4 is 17.7 Å². The summed E-state index contributed by atoms with van der Waals surface area (Å²) in [7, 11) is 0. The van der Waals surface area contributed by atoms with Gasteiger partial charge in [0.05, 0.1) is 13.1 Å². The van der Waals surface area contributed by atoms with Crippen LogP contribution in [0.5, 0.6) is 0 Å². The van der Waals surface area contributed by atoms with Gasteiger partial charge in [0.15, 0.2) is 0 Å². The van der Waals surface area contributed by atoms with Crippen molar-refractivity contribution in [3.05, 3.63) is 35.6 Å². The van der Waals surface area contributed by atoms with Crippen LogP contribution in [0.2, 0.25) is 0 Å². The molecule has 6 nitrogen and oxygen atoms in total. The van der Waals surface area contributed by atoms with Gasteiger partial charge in [-0.3, -0.25) is 14.4 Å². The molecule has 3 amide bonds. The smallest absolute Gasteiger partial charge is 0.242 e. The largest absolute Gasteiger partial charge is 0.350 e. The third-order valence-electron chi connectivity index (χ3n) is 3.55. The Bertz CT molecular complexity index is 609. The van der Waals surface area contributed by atoms with Gasteiger partial charge >= 0.3 is 0 Å². The highest BCUT2D eigenvalue weighted by molar-refractivity contribution is 5.89. The van der Waals surface area contributed by atoms with Crippen LogP contribution in [0, 0.1) is 11.2 Å². The van der Waals surface area contributed by atoms with E-state index in [0.717, 1.165) is 5.56 Å². The molecule has 0 saturated carbocycles. The average molecular weight is 351 g/mol. The fraction of sp³-hybridized carbons (Fsp3) is 0.500. The zero-order valence-electron chi connectivity index (χ0n) is 15.2. The van der Waals surface area contributed by atoms with Crippen LogP contribution in [-0.2, 0) is 20.9 Å². The Morgan fingerprint density at radius 1 is 1.08 bits per heavy atom. The average Bonchev–Trinajstić information content (AvgIpc) is 2.55. The van der Waals surface area contributed by atoms with E-state index in [0.29, 0.717) is 6.54 Å². The Kier molecular flexibility index (Phi) is 7.54. The zero-order valence-corrected chi connectivity index (χ0v) is 15.2. The van der Waals surface area contributed by atoms with E-state index in [2.05, 4.69) is 10.6 Å². The van der Waals surface area contributed by atoms with Gasteiger partial charge in [-0.1, -0.05) is 32.9 Å². The molecular formula is C18H26FN3O3. The Balaban J connectivity index is 2.45. The molecule has 0 aliphatic rings. The van der Waals surface area contributed by atoms with Gasteiger partial charge in [0.1, 0.15) is 5.82 Å². The van der Waals surface area contributed by atoms with Gasteiger partial charge in [-0.05, 0) is 24.6 Å². The number of halogens is 1. The Hall–Kier alpha value is -2.44. The maximum Gasteiger partial charge on any atom is 0.242 e. The first-order valence-electron chi connectivity index (χ1n) is 8.20. The predicted molar refractivity (Wildman–Crippen MR) is 93.0 cm³/mol. The summed E-state index contributed by atoms with van der Waals surface area (Å²) in [5.41, 5.74) is 0.186. The van der Waals surface area contributed by atoms with E-state index in [4.69, 9.17) is 0 Å². The highest BCUT2D eigenvalue weighted by Gasteiger charge is 2.23. The lowest BCUT2D eigenvalue weighted by molar-refractivity contribution is -0.137. The number of amides is 3. The summed E-state index contributed by atoms with van der Waals surface area (Å²) < 4.78 is 12.8. The molecule has 1 rings (SSSR count). The van der Waals surface area contributed by atoms with Gasteiger partial charge in [0.2, 0.25) is 17.7 Å². The van der Waals surface area contributed by atoms with E-state index in [9.17, 15) is 18.8 Å². The molecule has 2 N–H and O–H groups in total. The number of likely N-dealkylation sites (N-methyl/N-ethyl adjacent to an activating group) is 1. The first kappa shape index (κ1) is 20.6. The molecule has 0 spiro atoms. The van der Waals surface area contributed by atoms with Crippen molar-refractivity contribution in [2.45, 2.75) is 34.2 Å². The van der Waals surface area contributed by atoms with Crippen molar-refractivity contribution in [3.8, 4) is 0 Å². The van der Waals surface area contributed by atoms with Crippen LogP contribution in [0.15, 0.2) is 24.3 Å². The fourth-order valence-electron chi connectivity index (χ4n) is 1.94. The first-order chi connectivity index (χ1) is 11.6. The molecule has 0 radical (unpaired) electrons. The minimum absolute atomic E-state index is 0.0953. The number of rotatable bonds is 7. The van der Waals surface area contributed by atoms with Crippen LogP contribution in [-0.4, -0.2) is 42.3 Å². The van der Waals surface area contributed by atoms with E-state index in [1.165, 1.54) is 17.0 Å². The molecule has 0 aromatic heterocycles. The van der Waals surface area contributed by atoms with Crippen LogP contribution in [0.4, 0.5) is 4.39 Å². The standard InChI is InChI=1S/C18H26FN3O3/c1-5-22(16(24)11-21-17(25)18(2,3)4)12-15(23)20-10-13-6-8-14(19)9-7-13/h6-9H,5,10-12H2,1-4H3,(H,20,23)(H,21,25). The number of hydrogen-bond acceptors (Lipinski definition) is 3. The molecule has 1 aromatic carbocycles. The van der Waals surface area contributed by atoms with Crippen LogP contribution >= 0.6 is 0 Å². The summed E-state index contributed by atoms with van der Waals surface area (Å²) >= 11 is 0. The molecule has 25 heavy (non-hydrogen) atoms. The summed E-state index contributed by atoms with van der Waals surface area (Å²) in [6.07, 6.45) is 0. The number of carbonyl (C=O) groups is 3. The van der Waals surface area contributed by atoms with Crippen molar-refractivity contribution in [1.82, 2.24) is 15.5 Å². The summed E-state index contributed by atoms with van der Waals surface area (Å²) in [6, 6.07) is 5.81. The van der Waals surface area contributed by atoms with Crippen LogP contribution < -0.4 is 10.6 Å². The molecule has 1 aromatic rings. The van der Waals surface area contributed by atoms with Crippen molar-refractivity contribution < 1.29 is 18.8 Å². The lowest BCUT2D eigenvalue weighted by atomic mass is 9.96. The van der Waals surface area contributed by atoms with Crippen molar-refractivity contribution in [2.75, 3.05) is 19.6 Å². The zero-order chi connectivity index (χ0) is 19.0. The molecule has 0 unspecified atom stereocenters. The van der Waals surface area contributed by atoms with Crippen molar-refractivity contribution in [2.24, 2.45) is 5.41 Å². The minimum Gasteiger partial charge on any atom is -0.350 e. The normalized spacial score (nSPS) is 10.9. The topological polar surface area (TPSA) is 78.5 Å². The van der Waals surface area contributed by atoms with Crippen LogP contribution in [0.3, 0.4) is 0 Å². The highest BCUT2D eigenvalue weighted by Crippen LogP contribution is 2.12. The van der Waals surface area contributed by atoms with Gasteiger partial charge in [-0.15, -0.1) is 0 Å². The quantitative estimate of drug-likeness (QED) is 0.780. The van der Waals surface area contributed by atoms with Gasteiger partial charge < -0.3 is 15.5 Å².